The maximum atomic E-state index is 11.4. The maximum absolute atomic E-state index is 11.4. The Bertz CT molecular complexity index is 314. The lowest BCUT2D eigenvalue weighted by Gasteiger charge is -2.11. The predicted octanol–water partition coefficient (Wildman–Crippen LogP) is 1.83. The Kier molecular flexibility index (Phi) is 5.36. The van der Waals surface area contributed by atoms with Gasteiger partial charge in [0.05, 0.1) is 0 Å². The molecular weight excluding hydrogens is 204 g/mol. The van der Waals surface area contributed by atoms with E-state index in [1.54, 1.807) is 0 Å². The number of anilines is 1. The highest BCUT2D eigenvalue weighted by molar-refractivity contribution is 5.89. The minimum atomic E-state index is -0.212. The summed E-state index contributed by atoms with van der Waals surface area (Å²) in [5.74, 6) is 0.284. The van der Waals surface area contributed by atoms with Crippen LogP contribution in [0.4, 0.5) is 10.5 Å². The number of hydrogen-bond acceptors (Lipinski definition) is 2. The Hall–Kier alpha value is -1.55. The molecule has 3 N–H and O–H groups in total. The zero-order valence-electron chi connectivity index (χ0n) is 9.44. The molecule has 0 bridgehead atoms. The van der Waals surface area contributed by atoms with Crippen LogP contribution in [0.1, 0.15) is 13.3 Å². The Morgan fingerprint density at radius 3 is 2.69 bits per heavy atom. The third kappa shape index (κ3) is 4.79. The summed E-state index contributed by atoms with van der Waals surface area (Å²) in [6.07, 6.45) is 0.700. The molecule has 16 heavy (non-hydrogen) atoms. The van der Waals surface area contributed by atoms with E-state index in [9.17, 15) is 4.79 Å². The van der Waals surface area contributed by atoms with Crippen molar-refractivity contribution in [3.8, 4) is 0 Å². The van der Waals surface area contributed by atoms with Gasteiger partial charge in [-0.15, -0.1) is 0 Å². The molecule has 0 fully saturated rings. The normalized spacial score (nSPS) is 11.9. The smallest absolute Gasteiger partial charge is 0.319 e. The monoisotopic (exact) mass is 222 g/mol. The number of carbonyl (C=O) groups is 1. The van der Waals surface area contributed by atoms with Crippen molar-refractivity contribution in [3.05, 3.63) is 30.3 Å². The average Bonchev–Trinajstić information content (AvgIpc) is 2.28. The number of nitrogens with one attached hydrogen (secondary N) is 2. The topological polar surface area (TPSA) is 61.4 Å². The van der Waals surface area contributed by atoms with Gasteiger partial charge in [-0.05, 0) is 24.5 Å². The number of hydrogen-bond donors (Lipinski definition) is 3. The van der Waals surface area contributed by atoms with E-state index in [4.69, 9.17) is 5.11 Å². The SMILES string of the molecule is CC(CCO)CNC(=O)Nc1ccccc1. The molecule has 1 rings (SSSR count). The first-order chi connectivity index (χ1) is 7.72. The molecule has 0 aliphatic carbocycles. The highest BCUT2D eigenvalue weighted by Crippen LogP contribution is 2.04. The number of benzene rings is 1. The Labute approximate surface area is 95.7 Å². The highest BCUT2D eigenvalue weighted by Gasteiger charge is 2.04. The molecule has 0 saturated carbocycles. The van der Waals surface area contributed by atoms with E-state index in [0.717, 1.165) is 5.69 Å². The molecule has 4 heteroatoms. The van der Waals surface area contributed by atoms with Crippen molar-refractivity contribution in [3.63, 3.8) is 0 Å². The van der Waals surface area contributed by atoms with Crippen molar-refractivity contribution in [1.82, 2.24) is 5.32 Å². The Morgan fingerprint density at radius 2 is 2.06 bits per heavy atom. The van der Waals surface area contributed by atoms with Crippen LogP contribution in [-0.4, -0.2) is 24.3 Å². The van der Waals surface area contributed by atoms with Crippen molar-refractivity contribution < 1.29 is 9.90 Å². The average molecular weight is 222 g/mol. The number of amides is 2. The molecule has 0 spiro atoms. The molecule has 0 aromatic heterocycles. The minimum Gasteiger partial charge on any atom is -0.396 e. The van der Waals surface area contributed by atoms with Crippen molar-refractivity contribution in [2.75, 3.05) is 18.5 Å². The molecule has 1 atom stereocenters. The van der Waals surface area contributed by atoms with Gasteiger partial charge in [0, 0.05) is 18.8 Å². The van der Waals surface area contributed by atoms with Crippen LogP contribution in [0.15, 0.2) is 30.3 Å². The number of para-hydroxylation sites is 1. The first kappa shape index (κ1) is 12.5. The third-order valence-electron chi connectivity index (χ3n) is 2.26. The van der Waals surface area contributed by atoms with E-state index in [-0.39, 0.29) is 18.6 Å². The second-order valence-electron chi connectivity index (χ2n) is 3.82. The van der Waals surface area contributed by atoms with Crippen molar-refractivity contribution in [1.29, 1.82) is 0 Å². The van der Waals surface area contributed by atoms with Crippen LogP contribution >= 0.6 is 0 Å². The van der Waals surface area contributed by atoms with Crippen molar-refractivity contribution in [2.24, 2.45) is 5.92 Å². The molecule has 0 saturated heterocycles. The van der Waals surface area contributed by atoms with Gasteiger partial charge in [0.2, 0.25) is 0 Å². The largest absolute Gasteiger partial charge is 0.396 e. The number of aliphatic hydroxyl groups excluding tert-OH is 1. The van der Waals surface area contributed by atoms with Gasteiger partial charge in [0.15, 0.2) is 0 Å². The molecule has 4 nitrogen and oxygen atoms in total. The molecule has 0 radical (unpaired) electrons. The van der Waals surface area contributed by atoms with E-state index in [1.807, 2.05) is 37.3 Å². The zero-order chi connectivity index (χ0) is 11.8. The fourth-order valence-corrected chi connectivity index (χ4v) is 1.29. The van der Waals surface area contributed by atoms with Crippen LogP contribution in [0, 0.1) is 5.92 Å². The van der Waals surface area contributed by atoms with Crippen molar-refractivity contribution >= 4 is 11.7 Å². The summed E-state index contributed by atoms with van der Waals surface area (Å²) in [5, 5.41) is 14.2. The van der Waals surface area contributed by atoms with E-state index in [2.05, 4.69) is 10.6 Å². The lowest BCUT2D eigenvalue weighted by molar-refractivity contribution is 0.243. The van der Waals surface area contributed by atoms with Crippen LogP contribution < -0.4 is 10.6 Å². The summed E-state index contributed by atoms with van der Waals surface area (Å²) in [5.41, 5.74) is 0.773. The fraction of sp³-hybridized carbons (Fsp3) is 0.417. The summed E-state index contributed by atoms with van der Waals surface area (Å²) in [6.45, 7) is 2.71. The molecule has 1 aromatic rings. The van der Waals surface area contributed by atoms with E-state index < -0.39 is 0 Å². The van der Waals surface area contributed by atoms with Gasteiger partial charge in [-0.25, -0.2) is 4.79 Å². The number of urea groups is 1. The Balaban J connectivity index is 2.26. The number of rotatable bonds is 5. The quantitative estimate of drug-likeness (QED) is 0.711. The molecule has 2 amide bonds. The van der Waals surface area contributed by atoms with Crippen LogP contribution in [-0.2, 0) is 0 Å². The summed E-state index contributed by atoms with van der Waals surface area (Å²) >= 11 is 0. The standard InChI is InChI=1S/C12H18N2O2/c1-10(7-8-15)9-13-12(16)14-11-5-3-2-4-6-11/h2-6,10,15H,7-9H2,1H3,(H2,13,14,16). The van der Waals surface area contributed by atoms with Crippen LogP contribution in [0.2, 0.25) is 0 Å². The molecule has 0 heterocycles. The second kappa shape index (κ2) is 6.85. The van der Waals surface area contributed by atoms with Crippen LogP contribution in [0.25, 0.3) is 0 Å². The molecular formula is C12H18N2O2. The zero-order valence-corrected chi connectivity index (χ0v) is 9.44. The van der Waals surface area contributed by atoms with Gasteiger partial charge < -0.3 is 15.7 Å². The van der Waals surface area contributed by atoms with Gasteiger partial charge >= 0.3 is 6.03 Å². The van der Waals surface area contributed by atoms with Gasteiger partial charge in [-0.3, -0.25) is 0 Å². The molecule has 0 aliphatic heterocycles. The lowest BCUT2D eigenvalue weighted by atomic mass is 10.1. The maximum Gasteiger partial charge on any atom is 0.319 e. The van der Waals surface area contributed by atoms with Gasteiger partial charge in [0.1, 0.15) is 0 Å². The highest BCUT2D eigenvalue weighted by atomic mass is 16.3. The Morgan fingerprint density at radius 1 is 1.38 bits per heavy atom. The lowest BCUT2D eigenvalue weighted by Crippen LogP contribution is -2.32. The molecule has 88 valence electrons. The summed E-state index contributed by atoms with van der Waals surface area (Å²) in [4.78, 5) is 11.4. The molecule has 1 aromatic carbocycles. The van der Waals surface area contributed by atoms with Crippen LogP contribution in [0.5, 0.6) is 0 Å². The summed E-state index contributed by atoms with van der Waals surface area (Å²) in [7, 11) is 0. The minimum absolute atomic E-state index is 0.156. The van der Waals surface area contributed by atoms with Crippen molar-refractivity contribution in [2.45, 2.75) is 13.3 Å². The molecule has 1 unspecified atom stereocenters. The van der Waals surface area contributed by atoms with E-state index in [1.165, 1.54) is 0 Å². The molecule has 0 aliphatic rings. The van der Waals surface area contributed by atoms with E-state index in [0.29, 0.717) is 13.0 Å². The third-order valence-corrected chi connectivity index (χ3v) is 2.26. The van der Waals surface area contributed by atoms with Gasteiger partial charge in [-0.1, -0.05) is 25.1 Å². The number of aliphatic hydroxyl groups is 1. The predicted molar refractivity (Wildman–Crippen MR) is 64.3 cm³/mol. The summed E-state index contributed by atoms with van der Waals surface area (Å²) in [6, 6.07) is 9.07. The summed E-state index contributed by atoms with van der Waals surface area (Å²) < 4.78 is 0. The van der Waals surface area contributed by atoms with Crippen LogP contribution in [0.3, 0.4) is 0 Å². The van der Waals surface area contributed by atoms with E-state index >= 15 is 0 Å². The number of carbonyl (C=O) groups excluding carboxylic acids is 1. The first-order valence-electron chi connectivity index (χ1n) is 5.43. The van der Waals surface area contributed by atoms with Gasteiger partial charge in [-0.2, -0.15) is 0 Å². The van der Waals surface area contributed by atoms with Gasteiger partial charge in [0.25, 0.3) is 0 Å². The fourth-order valence-electron chi connectivity index (χ4n) is 1.29. The second-order valence-corrected chi connectivity index (χ2v) is 3.82. The first-order valence-corrected chi connectivity index (χ1v) is 5.43.